The van der Waals surface area contributed by atoms with Crippen LogP contribution in [0.1, 0.15) is 12.0 Å². The van der Waals surface area contributed by atoms with E-state index in [9.17, 15) is 4.79 Å². The van der Waals surface area contributed by atoms with Gasteiger partial charge in [0.05, 0.1) is 13.7 Å². The molecule has 2 aliphatic heterocycles. The highest BCUT2D eigenvalue weighted by atomic mass is 79.9. The lowest BCUT2D eigenvalue weighted by molar-refractivity contribution is 0.115. The fourth-order valence-electron chi connectivity index (χ4n) is 4.13. The predicted molar refractivity (Wildman–Crippen MR) is 118 cm³/mol. The Hall–Kier alpha value is -1.76. The number of ether oxygens (including phenoxy) is 2. The number of amides is 1. The zero-order chi connectivity index (χ0) is 20.4. The molecule has 2 aromatic rings. The molecule has 0 aliphatic carbocycles. The van der Waals surface area contributed by atoms with E-state index in [-0.39, 0.29) is 12.2 Å². The van der Waals surface area contributed by atoms with Gasteiger partial charge in [-0.05, 0) is 73.3 Å². The van der Waals surface area contributed by atoms with Crippen LogP contribution < -0.4 is 9.64 Å². The molecule has 2 fully saturated rings. The maximum Gasteiger partial charge on any atom is 0.414 e. The number of benzene rings is 2. The summed E-state index contributed by atoms with van der Waals surface area (Å²) in [5, 5.41) is 0.656. The minimum absolute atomic E-state index is 0.111. The molecule has 2 atom stereocenters. The maximum atomic E-state index is 12.3. The molecule has 4 rings (SSSR count). The van der Waals surface area contributed by atoms with Crippen molar-refractivity contribution >= 4 is 39.3 Å². The molecular weight excluding hydrogens is 456 g/mol. The van der Waals surface area contributed by atoms with E-state index in [2.05, 4.69) is 26.9 Å². The Kier molecular flexibility index (Phi) is 6.32. The van der Waals surface area contributed by atoms with Crippen LogP contribution in [0.25, 0.3) is 0 Å². The second kappa shape index (κ2) is 8.94. The molecule has 2 unspecified atom stereocenters. The van der Waals surface area contributed by atoms with Crippen molar-refractivity contribution in [2.75, 3.05) is 38.2 Å². The molecule has 0 bridgehead atoms. The Morgan fingerprint density at radius 3 is 2.76 bits per heavy atom. The van der Waals surface area contributed by atoms with Crippen LogP contribution in [0.4, 0.5) is 10.5 Å². The van der Waals surface area contributed by atoms with E-state index in [1.807, 2.05) is 24.3 Å². The molecular formula is C22H24BrClN2O3. The molecule has 0 spiro atoms. The zero-order valence-electron chi connectivity index (χ0n) is 16.3. The summed E-state index contributed by atoms with van der Waals surface area (Å²) in [7, 11) is 1.69. The van der Waals surface area contributed by atoms with Gasteiger partial charge in [-0.25, -0.2) is 4.79 Å². The first-order chi connectivity index (χ1) is 14.0. The van der Waals surface area contributed by atoms with Crippen LogP contribution >= 0.6 is 27.5 Å². The van der Waals surface area contributed by atoms with Crippen LogP contribution in [0.5, 0.6) is 5.75 Å². The monoisotopic (exact) mass is 478 g/mol. The van der Waals surface area contributed by atoms with Gasteiger partial charge in [-0.1, -0.05) is 27.5 Å². The summed E-state index contributed by atoms with van der Waals surface area (Å²) in [6.07, 6.45) is 1.76. The third-order valence-corrected chi connectivity index (χ3v) is 6.63. The highest BCUT2D eigenvalue weighted by molar-refractivity contribution is 9.10. The van der Waals surface area contributed by atoms with E-state index < -0.39 is 0 Å². The molecule has 7 heteroatoms. The van der Waals surface area contributed by atoms with E-state index in [4.69, 9.17) is 21.1 Å². The summed E-state index contributed by atoms with van der Waals surface area (Å²) >= 11 is 9.60. The number of cyclic esters (lactones) is 1. The summed E-state index contributed by atoms with van der Waals surface area (Å²) in [4.78, 5) is 16.4. The van der Waals surface area contributed by atoms with Crippen LogP contribution in [0.15, 0.2) is 46.9 Å². The molecule has 2 aliphatic rings. The number of hydrogen-bond acceptors (Lipinski definition) is 4. The lowest BCUT2D eigenvalue weighted by atomic mass is 9.98. The Balaban J connectivity index is 1.31. The number of rotatable bonds is 6. The summed E-state index contributed by atoms with van der Waals surface area (Å²) in [6.45, 7) is 3.38. The van der Waals surface area contributed by atoms with Crippen molar-refractivity contribution in [3.8, 4) is 5.75 Å². The fourth-order valence-corrected chi connectivity index (χ4v) is 4.66. The van der Waals surface area contributed by atoms with Crippen molar-refractivity contribution < 1.29 is 14.3 Å². The molecule has 0 N–H and O–H groups in total. The maximum absolute atomic E-state index is 12.3. The third kappa shape index (κ3) is 4.87. The fraction of sp³-hybridized carbons (Fsp3) is 0.409. The number of likely N-dealkylation sites (tertiary alicyclic amines) is 1. The smallest absolute Gasteiger partial charge is 0.414 e. The first-order valence-corrected chi connectivity index (χ1v) is 11.0. The van der Waals surface area contributed by atoms with Crippen LogP contribution in [0.3, 0.4) is 0 Å². The molecule has 2 saturated heterocycles. The van der Waals surface area contributed by atoms with Gasteiger partial charge in [0.25, 0.3) is 0 Å². The topological polar surface area (TPSA) is 42.0 Å². The first-order valence-electron chi connectivity index (χ1n) is 9.80. The van der Waals surface area contributed by atoms with Crippen molar-refractivity contribution in [1.29, 1.82) is 0 Å². The third-order valence-electron chi connectivity index (χ3n) is 5.61. The zero-order valence-corrected chi connectivity index (χ0v) is 18.7. The normalized spacial score (nSPS) is 22.2. The van der Waals surface area contributed by atoms with Gasteiger partial charge >= 0.3 is 6.09 Å². The van der Waals surface area contributed by atoms with E-state index in [0.29, 0.717) is 17.5 Å². The lowest BCUT2D eigenvalue weighted by Gasteiger charge is -2.19. The molecule has 2 aromatic carbocycles. The van der Waals surface area contributed by atoms with Gasteiger partial charge in [0, 0.05) is 28.3 Å². The van der Waals surface area contributed by atoms with E-state index in [1.54, 1.807) is 24.1 Å². The average molecular weight is 480 g/mol. The molecule has 1 amide bonds. The van der Waals surface area contributed by atoms with Crippen molar-refractivity contribution in [3.05, 3.63) is 57.5 Å². The summed E-state index contributed by atoms with van der Waals surface area (Å²) in [6, 6.07) is 13.4. The number of methoxy groups -OCH3 is 1. The average Bonchev–Trinajstić information content (AvgIpc) is 3.30. The Bertz CT molecular complexity index is 877. The van der Waals surface area contributed by atoms with Crippen molar-refractivity contribution in [2.45, 2.75) is 18.9 Å². The largest absolute Gasteiger partial charge is 0.497 e. The molecule has 2 heterocycles. The van der Waals surface area contributed by atoms with Gasteiger partial charge in [0.15, 0.2) is 0 Å². The molecule has 5 nitrogen and oxygen atoms in total. The number of carbonyl (C=O) groups excluding carboxylic acids is 1. The Labute approximate surface area is 184 Å². The van der Waals surface area contributed by atoms with Crippen molar-refractivity contribution in [1.82, 2.24) is 4.90 Å². The summed E-state index contributed by atoms with van der Waals surface area (Å²) < 4.78 is 12.1. The van der Waals surface area contributed by atoms with Crippen molar-refractivity contribution in [2.24, 2.45) is 5.92 Å². The standard InChI is InChI=1S/C22H24BrClN2O3/c1-28-19-6-7-21(23)16(11-19)10-15-8-9-25(12-15)13-20-14-26(22(27)29-20)18-4-2-17(24)3-5-18/h2-7,11,15,20H,8-10,12-14H2,1H3. The summed E-state index contributed by atoms with van der Waals surface area (Å²) in [5.41, 5.74) is 2.10. The summed E-state index contributed by atoms with van der Waals surface area (Å²) in [5.74, 6) is 1.47. The van der Waals surface area contributed by atoms with Crippen molar-refractivity contribution in [3.63, 3.8) is 0 Å². The van der Waals surface area contributed by atoms with Gasteiger partial charge in [0.1, 0.15) is 11.9 Å². The first kappa shape index (κ1) is 20.5. The number of nitrogens with zero attached hydrogens (tertiary/aromatic N) is 2. The highest BCUT2D eigenvalue weighted by Crippen LogP contribution is 2.29. The predicted octanol–water partition coefficient (Wildman–Crippen LogP) is 5.00. The molecule has 29 heavy (non-hydrogen) atoms. The van der Waals surface area contributed by atoms with Crippen LogP contribution in [-0.4, -0.2) is 50.4 Å². The minimum atomic E-state index is -0.284. The second-order valence-electron chi connectivity index (χ2n) is 7.67. The molecule has 0 aromatic heterocycles. The van der Waals surface area contributed by atoms with E-state index in [0.717, 1.165) is 48.4 Å². The lowest BCUT2D eigenvalue weighted by Crippen LogP contribution is -2.33. The number of anilines is 1. The number of carbonyl (C=O) groups is 1. The van der Waals surface area contributed by atoms with E-state index in [1.165, 1.54) is 5.56 Å². The minimum Gasteiger partial charge on any atom is -0.497 e. The van der Waals surface area contributed by atoms with Crippen LogP contribution in [0.2, 0.25) is 5.02 Å². The number of hydrogen-bond donors (Lipinski definition) is 0. The quantitative estimate of drug-likeness (QED) is 0.585. The second-order valence-corrected chi connectivity index (χ2v) is 8.96. The van der Waals surface area contributed by atoms with Gasteiger partial charge in [-0.3, -0.25) is 9.80 Å². The van der Waals surface area contributed by atoms with Gasteiger partial charge in [0.2, 0.25) is 0 Å². The molecule has 154 valence electrons. The van der Waals surface area contributed by atoms with E-state index >= 15 is 0 Å². The SMILES string of the molecule is COc1ccc(Br)c(CC2CCN(CC3CN(c4ccc(Cl)cc4)C(=O)O3)C2)c1. The van der Waals surface area contributed by atoms with Crippen LogP contribution in [-0.2, 0) is 11.2 Å². The highest BCUT2D eigenvalue weighted by Gasteiger charge is 2.35. The molecule has 0 saturated carbocycles. The Morgan fingerprint density at radius 1 is 1.21 bits per heavy atom. The number of halogens is 2. The Morgan fingerprint density at radius 2 is 2.00 bits per heavy atom. The van der Waals surface area contributed by atoms with Gasteiger partial charge < -0.3 is 9.47 Å². The van der Waals surface area contributed by atoms with Crippen LogP contribution in [0, 0.1) is 5.92 Å². The molecule has 0 radical (unpaired) electrons. The van der Waals surface area contributed by atoms with Gasteiger partial charge in [-0.15, -0.1) is 0 Å². The van der Waals surface area contributed by atoms with Gasteiger partial charge in [-0.2, -0.15) is 0 Å².